The molecule has 14 heteroatoms. The van der Waals surface area contributed by atoms with Crippen molar-refractivity contribution in [1.29, 1.82) is 0 Å². The van der Waals surface area contributed by atoms with Crippen LogP contribution in [0.2, 0.25) is 0 Å². The number of hydrogen-bond donors (Lipinski definition) is 0. The summed E-state index contributed by atoms with van der Waals surface area (Å²) in [5.41, 5.74) is 0. The van der Waals surface area contributed by atoms with E-state index in [9.17, 15) is 59.4 Å². The predicted octanol–water partition coefficient (Wildman–Crippen LogP) is -6.99. The van der Waals surface area contributed by atoms with E-state index in [1.54, 1.807) is 36.5 Å². The molecule has 12 atom stereocenters. The van der Waals surface area contributed by atoms with E-state index in [0.29, 0.717) is 19.3 Å². The molecule has 41 heavy (non-hydrogen) atoms. The number of hydrogen-bond acceptors (Lipinski definition) is 12. The van der Waals surface area contributed by atoms with Crippen molar-refractivity contribution in [2.24, 2.45) is 71.0 Å². The molecule has 0 spiro atoms. The van der Waals surface area contributed by atoms with Gasteiger partial charge in [0.25, 0.3) is 0 Å². The molecule has 0 aromatic rings. The van der Waals surface area contributed by atoms with Gasteiger partial charge >= 0.3 is 34.7 Å². The molecule has 0 N–H and O–H groups in total. The summed E-state index contributed by atoms with van der Waals surface area (Å²) >= 11 is 0. The SMILES string of the molecule is O=C([O-])C1C2C=CC(C2)C1C(=O)[O-].O=C([O-])C1C2C=CC(C2)C1C(=O)[O-].O=C([O-])C1C2C=CC(C2)C1C(=O)[O-].[Al+3].[Al+3]. The number of fused-ring (bicyclic) bond motifs is 6. The van der Waals surface area contributed by atoms with Crippen molar-refractivity contribution in [3.8, 4) is 0 Å². The maximum Gasteiger partial charge on any atom is 3.00 e. The summed E-state index contributed by atoms with van der Waals surface area (Å²) in [6.45, 7) is 0. The van der Waals surface area contributed by atoms with Crippen LogP contribution in [0.25, 0.3) is 0 Å². The molecule has 0 aliphatic heterocycles. The van der Waals surface area contributed by atoms with Crippen molar-refractivity contribution >= 4 is 70.5 Å². The van der Waals surface area contributed by atoms with Crippen molar-refractivity contribution < 1.29 is 59.4 Å². The van der Waals surface area contributed by atoms with Crippen LogP contribution < -0.4 is 30.6 Å². The standard InChI is InChI=1S/3C9H10O4.2Al/c3*10-8(11)6-4-1-2-5(3-4)7(6)9(12)13;;/h3*1-2,4-7H,3H2,(H,10,11)(H,12,13);;/q;;;2*+3/p-6. The fourth-order valence-electron chi connectivity index (χ4n) is 7.39. The molecule has 12 nitrogen and oxygen atoms in total. The third-order valence-electron chi connectivity index (χ3n) is 9.01. The van der Waals surface area contributed by atoms with Crippen LogP contribution in [0.3, 0.4) is 0 Å². The molecule has 3 saturated carbocycles. The van der Waals surface area contributed by atoms with Gasteiger partial charge in [-0.15, -0.1) is 0 Å². The minimum Gasteiger partial charge on any atom is -0.550 e. The number of aliphatic carboxylic acids is 6. The summed E-state index contributed by atoms with van der Waals surface area (Å²) in [7, 11) is 0. The molecule has 0 amide bonds. The van der Waals surface area contributed by atoms with E-state index in [-0.39, 0.29) is 70.2 Å². The third kappa shape index (κ3) is 6.46. The average Bonchev–Trinajstić information content (AvgIpc) is 3.70. The molecular weight excluding hydrogens is 570 g/mol. The zero-order valence-corrected chi connectivity index (χ0v) is 23.9. The zero-order chi connectivity index (χ0) is 28.8. The van der Waals surface area contributed by atoms with Gasteiger partial charge in [-0.1, -0.05) is 36.5 Å². The molecular formula is C27H24Al2O12. The van der Waals surface area contributed by atoms with Crippen LogP contribution in [0.4, 0.5) is 0 Å². The van der Waals surface area contributed by atoms with Gasteiger partial charge in [0, 0.05) is 71.3 Å². The predicted molar refractivity (Wildman–Crippen MR) is 125 cm³/mol. The first kappa shape index (κ1) is 34.3. The number of carboxylic acids is 6. The minimum atomic E-state index is -1.27. The molecule has 6 aliphatic carbocycles. The molecule has 0 aromatic carbocycles. The summed E-state index contributed by atoms with van der Waals surface area (Å²) in [6.07, 6.45) is 12.4. The van der Waals surface area contributed by atoms with Crippen LogP contribution in [0.5, 0.6) is 0 Å². The average molecular weight is 594 g/mol. The Hall–Kier alpha value is -2.90. The Morgan fingerprint density at radius 2 is 0.463 bits per heavy atom. The first-order chi connectivity index (χ1) is 18.3. The third-order valence-corrected chi connectivity index (χ3v) is 9.01. The van der Waals surface area contributed by atoms with E-state index in [1.165, 1.54) is 0 Å². The number of allylic oxidation sites excluding steroid dienone is 6. The van der Waals surface area contributed by atoms with E-state index >= 15 is 0 Å². The van der Waals surface area contributed by atoms with Crippen molar-refractivity contribution in [3.05, 3.63) is 36.5 Å². The van der Waals surface area contributed by atoms with Gasteiger partial charge in [0.05, 0.1) is 0 Å². The fourth-order valence-corrected chi connectivity index (χ4v) is 7.39. The van der Waals surface area contributed by atoms with Gasteiger partial charge in [0.15, 0.2) is 0 Å². The summed E-state index contributed by atoms with van der Waals surface area (Å²) < 4.78 is 0. The van der Waals surface area contributed by atoms with Gasteiger partial charge in [-0.2, -0.15) is 0 Å². The van der Waals surface area contributed by atoms with Crippen molar-refractivity contribution in [2.45, 2.75) is 19.3 Å². The van der Waals surface area contributed by atoms with Crippen molar-refractivity contribution in [2.75, 3.05) is 0 Å². The minimum absolute atomic E-state index is 0. The number of carbonyl (C=O) groups is 6. The van der Waals surface area contributed by atoms with Crippen LogP contribution in [0.15, 0.2) is 36.5 Å². The second-order valence-electron chi connectivity index (χ2n) is 10.9. The summed E-state index contributed by atoms with van der Waals surface area (Å²) in [5.74, 6) is -14.0. The van der Waals surface area contributed by atoms with E-state index in [1.807, 2.05) is 0 Å². The molecule has 12 unspecified atom stereocenters. The maximum absolute atomic E-state index is 10.7. The zero-order valence-electron chi connectivity index (χ0n) is 21.6. The Balaban J connectivity index is 0.000000210. The van der Waals surface area contributed by atoms with Crippen molar-refractivity contribution in [1.82, 2.24) is 0 Å². The van der Waals surface area contributed by atoms with E-state index < -0.39 is 71.3 Å². The van der Waals surface area contributed by atoms with Gasteiger partial charge in [-0.05, 0) is 54.8 Å². The molecule has 6 rings (SSSR count). The topological polar surface area (TPSA) is 241 Å². The van der Waals surface area contributed by atoms with E-state index in [0.717, 1.165) is 0 Å². The molecule has 210 valence electrons. The molecule has 0 radical (unpaired) electrons. The summed E-state index contributed by atoms with van der Waals surface area (Å²) in [5, 5.41) is 64.0. The number of carbonyl (C=O) groups excluding carboxylic acids is 6. The van der Waals surface area contributed by atoms with Gasteiger partial charge in [-0.25, -0.2) is 0 Å². The first-order valence-electron chi connectivity index (χ1n) is 12.6. The Labute approximate surface area is 256 Å². The molecule has 6 bridgehead atoms. The molecule has 3 fully saturated rings. The van der Waals surface area contributed by atoms with Gasteiger partial charge in [-0.3, -0.25) is 0 Å². The molecule has 0 heterocycles. The smallest absolute Gasteiger partial charge is 0.550 e. The van der Waals surface area contributed by atoms with Crippen molar-refractivity contribution in [3.63, 3.8) is 0 Å². The fraction of sp³-hybridized carbons (Fsp3) is 0.556. The second-order valence-corrected chi connectivity index (χ2v) is 10.9. The monoisotopic (exact) mass is 594 g/mol. The van der Waals surface area contributed by atoms with Gasteiger partial charge < -0.3 is 59.4 Å². The molecule has 0 aromatic heterocycles. The first-order valence-corrected chi connectivity index (χ1v) is 12.6. The Morgan fingerprint density at radius 1 is 0.341 bits per heavy atom. The normalized spacial score (nSPS) is 38.9. The summed E-state index contributed by atoms with van der Waals surface area (Å²) in [4.78, 5) is 64.0. The van der Waals surface area contributed by atoms with E-state index in [2.05, 4.69) is 0 Å². The second kappa shape index (κ2) is 13.4. The maximum atomic E-state index is 10.7. The van der Waals surface area contributed by atoms with Crippen LogP contribution in [0.1, 0.15) is 19.3 Å². The van der Waals surface area contributed by atoms with Crippen LogP contribution in [-0.4, -0.2) is 70.5 Å². The van der Waals surface area contributed by atoms with E-state index in [4.69, 9.17) is 0 Å². The van der Waals surface area contributed by atoms with Crippen LogP contribution in [-0.2, 0) is 28.8 Å². The molecule has 6 aliphatic rings. The largest absolute Gasteiger partial charge is 3.00 e. The quantitative estimate of drug-likeness (QED) is 0.206. The Morgan fingerprint density at radius 3 is 0.561 bits per heavy atom. The molecule has 0 saturated heterocycles. The number of carboxylic acid groups (broad SMARTS) is 6. The summed E-state index contributed by atoms with van der Waals surface area (Å²) in [6, 6.07) is 0. The Kier molecular flexibility index (Phi) is 11.2. The van der Waals surface area contributed by atoms with Crippen LogP contribution >= 0.6 is 0 Å². The Bertz CT molecular complexity index is 952. The van der Waals surface area contributed by atoms with Gasteiger partial charge in [0.2, 0.25) is 0 Å². The van der Waals surface area contributed by atoms with Gasteiger partial charge in [0.1, 0.15) is 0 Å². The van der Waals surface area contributed by atoms with Crippen LogP contribution in [0, 0.1) is 71.0 Å². The number of rotatable bonds is 6.